The van der Waals surface area contributed by atoms with Crippen LogP contribution >= 0.6 is 0 Å². The maximum atomic E-state index is 10.3. The Morgan fingerprint density at radius 1 is 1.57 bits per heavy atom. The zero-order valence-electron chi connectivity index (χ0n) is 8.49. The summed E-state index contributed by atoms with van der Waals surface area (Å²) in [5.41, 5.74) is 1.31. The molecule has 1 rings (SSSR count). The van der Waals surface area contributed by atoms with E-state index in [-0.39, 0.29) is 0 Å². The molecule has 0 saturated carbocycles. The normalized spacial score (nSPS) is 12.6. The molecular formula is C11H17NO2. The van der Waals surface area contributed by atoms with Crippen LogP contribution in [0, 0.1) is 0 Å². The first-order valence-corrected chi connectivity index (χ1v) is 5.04. The summed E-state index contributed by atoms with van der Waals surface area (Å²) in [7, 11) is 0. The lowest BCUT2D eigenvalue weighted by molar-refractivity contribution is -0.137. The summed E-state index contributed by atoms with van der Waals surface area (Å²) in [6.07, 6.45) is 7.04. The number of rotatable bonds is 6. The summed E-state index contributed by atoms with van der Waals surface area (Å²) in [4.78, 5) is 13.3. The van der Waals surface area contributed by atoms with Crippen LogP contribution in [0.15, 0.2) is 18.5 Å². The van der Waals surface area contributed by atoms with E-state index in [1.54, 1.807) is 0 Å². The molecule has 0 radical (unpaired) electrons. The maximum absolute atomic E-state index is 10.3. The fourth-order valence-electron chi connectivity index (χ4n) is 1.54. The largest absolute Gasteiger partial charge is 0.481 e. The molecule has 78 valence electrons. The van der Waals surface area contributed by atoms with Gasteiger partial charge in [-0.25, -0.2) is 0 Å². The number of aliphatic carboxylic acids is 1. The van der Waals surface area contributed by atoms with Crippen LogP contribution in [0.4, 0.5) is 0 Å². The Hall–Kier alpha value is -1.25. The Labute approximate surface area is 84.2 Å². The number of carboxylic acids is 1. The fourth-order valence-corrected chi connectivity index (χ4v) is 1.54. The van der Waals surface area contributed by atoms with Crippen LogP contribution in [0.3, 0.4) is 0 Å². The van der Waals surface area contributed by atoms with Gasteiger partial charge in [-0.2, -0.15) is 0 Å². The van der Waals surface area contributed by atoms with Gasteiger partial charge in [0.1, 0.15) is 0 Å². The topological polar surface area (TPSA) is 53.1 Å². The third-order valence-electron chi connectivity index (χ3n) is 2.47. The van der Waals surface area contributed by atoms with Crippen LogP contribution in [-0.2, 0) is 4.79 Å². The summed E-state index contributed by atoms with van der Waals surface area (Å²) in [6.45, 7) is 2.17. The van der Waals surface area contributed by atoms with E-state index in [1.165, 1.54) is 5.56 Å². The number of aromatic amines is 1. The standard InChI is InChI=1S/C11H17NO2/c1-9(10-6-7-12-8-10)4-2-3-5-11(13)14/h6-9,12H,2-5H2,1H3,(H,13,14). The van der Waals surface area contributed by atoms with E-state index in [0.717, 1.165) is 19.3 Å². The second-order valence-electron chi connectivity index (χ2n) is 3.68. The molecule has 3 nitrogen and oxygen atoms in total. The SMILES string of the molecule is CC(CCCCC(=O)O)c1cc[nH]c1. The van der Waals surface area contributed by atoms with Gasteiger partial charge in [0.05, 0.1) is 0 Å². The molecular weight excluding hydrogens is 178 g/mol. The van der Waals surface area contributed by atoms with Crippen molar-refractivity contribution in [2.24, 2.45) is 0 Å². The maximum Gasteiger partial charge on any atom is 0.303 e. The minimum Gasteiger partial charge on any atom is -0.481 e. The number of carboxylic acid groups (broad SMARTS) is 1. The van der Waals surface area contributed by atoms with Gasteiger partial charge in [-0.1, -0.05) is 13.3 Å². The van der Waals surface area contributed by atoms with E-state index in [1.807, 2.05) is 12.4 Å². The monoisotopic (exact) mass is 195 g/mol. The highest BCUT2D eigenvalue weighted by Crippen LogP contribution is 2.20. The highest BCUT2D eigenvalue weighted by atomic mass is 16.4. The van der Waals surface area contributed by atoms with Crippen LogP contribution in [0.25, 0.3) is 0 Å². The first-order valence-electron chi connectivity index (χ1n) is 5.04. The Balaban J connectivity index is 2.16. The quantitative estimate of drug-likeness (QED) is 0.686. The molecule has 1 atom stereocenters. The van der Waals surface area contributed by atoms with Crippen molar-refractivity contribution in [2.45, 2.75) is 38.5 Å². The van der Waals surface area contributed by atoms with Gasteiger partial charge in [-0.15, -0.1) is 0 Å². The van der Waals surface area contributed by atoms with Gasteiger partial charge in [0.25, 0.3) is 0 Å². The van der Waals surface area contributed by atoms with Crippen molar-refractivity contribution < 1.29 is 9.90 Å². The molecule has 0 amide bonds. The smallest absolute Gasteiger partial charge is 0.303 e. The van der Waals surface area contributed by atoms with E-state index in [9.17, 15) is 4.79 Å². The Morgan fingerprint density at radius 3 is 2.93 bits per heavy atom. The first-order chi connectivity index (χ1) is 6.70. The number of H-pyrrole nitrogens is 1. The van der Waals surface area contributed by atoms with Gasteiger partial charge in [0.15, 0.2) is 0 Å². The predicted octanol–water partition coefficient (Wildman–Crippen LogP) is 2.76. The summed E-state index contributed by atoms with van der Waals surface area (Å²) in [5.74, 6) is -0.172. The number of nitrogens with one attached hydrogen (secondary N) is 1. The molecule has 0 aliphatic rings. The first kappa shape index (κ1) is 10.8. The average Bonchev–Trinajstić information content (AvgIpc) is 2.64. The molecule has 1 aromatic rings. The molecule has 0 fully saturated rings. The van der Waals surface area contributed by atoms with Gasteiger partial charge in [-0.3, -0.25) is 4.79 Å². The second kappa shape index (κ2) is 5.47. The van der Waals surface area contributed by atoms with Crippen molar-refractivity contribution in [3.8, 4) is 0 Å². The zero-order chi connectivity index (χ0) is 10.4. The molecule has 0 aromatic carbocycles. The number of carbonyl (C=O) groups is 1. The lowest BCUT2D eigenvalue weighted by Gasteiger charge is -2.08. The van der Waals surface area contributed by atoms with Crippen LogP contribution in [0.2, 0.25) is 0 Å². The lowest BCUT2D eigenvalue weighted by atomic mass is 9.97. The predicted molar refractivity (Wildman–Crippen MR) is 55.3 cm³/mol. The second-order valence-corrected chi connectivity index (χ2v) is 3.68. The molecule has 0 aliphatic carbocycles. The van der Waals surface area contributed by atoms with Crippen molar-refractivity contribution in [3.05, 3.63) is 24.0 Å². The fraction of sp³-hybridized carbons (Fsp3) is 0.545. The van der Waals surface area contributed by atoms with Crippen LogP contribution in [0.5, 0.6) is 0 Å². The van der Waals surface area contributed by atoms with Crippen molar-refractivity contribution in [1.82, 2.24) is 4.98 Å². The Morgan fingerprint density at radius 2 is 2.36 bits per heavy atom. The third-order valence-corrected chi connectivity index (χ3v) is 2.47. The van der Waals surface area contributed by atoms with Crippen molar-refractivity contribution in [3.63, 3.8) is 0 Å². The molecule has 0 aliphatic heterocycles. The van der Waals surface area contributed by atoms with Crippen LogP contribution in [-0.4, -0.2) is 16.1 Å². The van der Waals surface area contributed by atoms with E-state index in [0.29, 0.717) is 12.3 Å². The highest BCUT2D eigenvalue weighted by Gasteiger charge is 2.05. The molecule has 0 bridgehead atoms. The highest BCUT2D eigenvalue weighted by molar-refractivity contribution is 5.66. The summed E-state index contributed by atoms with van der Waals surface area (Å²) < 4.78 is 0. The van der Waals surface area contributed by atoms with Gasteiger partial charge in [-0.05, 0) is 30.4 Å². The number of aromatic nitrogens is 1. The third kappa shape index (κ3) is 3.64. The molecule has 14 heavy (non-hydrogen) atoms. The minimum atomic E-state index is -0.695. The van der Waals surface area contributed by atoms with E-state index in [2.05, 4.69) is 18.0 Å². The summed E-state index contributed by atoms with van der Waals surface area (Å²) >= 11 is 0. The number of hydrogen-bond donors (Lipinski definition) is 2. The Kier molecular flexibility index (Phi) is 4.23. The molecule has 0 spiro atoms. The number of hydrogen-bond acceptors (Lipinski definition) is 1. The molecule has 1 heterocycles. The molecule has 3 heteroatoms. The zero-order valence-corrected chi connectivity index (χ0v) is 8.49. The van der Waals surface area contributed by atoms with Crippen LogP contribution in [0.1, 0.15) is 44.1 Å². The van der Waals surface area contributed by atoms with E-state index in [4.69, 9.17) is 5.11 Å². The molecule has 2 N–H and O–H groups in total. The van der Waals surface area contributed by atoms with Gasteiger partial charge in [0, 0.05) is 18.8 Å². The van der Waals surface area contributed by atoms with Crippen LogP contribution < -0.4 is 0 Å². The van der Waals surface area contributed by atoms with Crippen molar-refractivity contribution >= 4 is 5.97 Å². The van der Waals surface area contributed by atoms with E-state index >= 15 is 0 Å². The van der Waals surface area contributed by atoms with Crippen molar-refractivity contribution in [1.29, 1.82) is 0 Å². The molecule has 1 unspecified atom stereocenters. The van der Waals surface area contributed by atoms with Gasteiger partial charge < -0.3 is 10.1 Å². The van der Waals surface area contributed by atoms with Crippen molar-refractivity contribution in [2.75, 3.05) is 0 Å². The minimum absolute atomic E-state index is 0.292. The number of unbranched alkanes of at least 4 members (excludes halogenated alkanes) is 1. The molecule has 0 saturated heterocycles. The summed E-state index contributed by atoms with van der Waals surface area (Å²) in [6, 6.07) is 2.07. The lowest BCUT2D eigenvalue weighted by Crippen LogP contribution is -1.96. The molecule has 1 aromatic heterocycles. The summed E-state index contributed by atoms with van der Waals surface area (Å²) in [5, 5.41) is 8.46. The Bertz CT molecular complexity index is 267. The average molecular weight is 195 g/mol. The van der Waals surface area contributed by atoms with Gasteiger partial charge in [0.2, 0.25) is 0 Å². The van der Waals surface area contributed by atoms with E-state index < -0.39 is 5.97 Å². The van der Waals surface area contributed by atoms with Gasteiger partial charge >= 0.3 is 5.97 Å².